The number of nitrogens with two attached hydrogens (primary N) is 1. The van der Waals surface area contributed by atoms with Gasteiger partial charge in [0.15, 0.2) is 5.65 Å². The van der Waals surface area contributed by atoms with E-state index in [1.54, 1.807) is 40.8 Å². The average Bonchev–Trinajstić information content (AvgIpc) is 3.28. The van der Waals surface area contributed by atoms with Crippen LogP contribution in [0.5, 0.6) is 11.6 Å². The minimum atomic E-state index is -0.579. The molecule has 0 saturated heterocycles. The highest BCUT2D eigenvalue weighted by Gasteiger charge is 2.33. The van der Waals surface area contributed by atoms with Crippen molar-refractivity contribution in [3.8, 4) is 11.6 Å². The van der Waals surface area contributed by atoms with E-state index < -0.39 is 11.7 Å². The Morgan fingerprint density at radius 1 is 1.08 bits per heavy atom. The Hall–Kier alpha value is -3.89. The number of rotatable bonds is 11. The standard InChI is InChI=1S/C28H33ClN6O4/c1-18(2)23(33(16-8-15-30)27(36)20-11-13-21(38-3)14-12-20)25-31-24-22(29)26(39-4)32-35(24)28(37)34(25)17-19-9-6-5-7-10-19/h5-7,9-14,18,23H,8,15-17,30H2,1-4H3. The van der Waals surface area contributed by atoms with E-state index in [-0.39, 0.29) is 34.9 Å². The van der Waals surface area contributed by atoms with Crippen molar-refractivity contribution in [1.82, 2.24) is 24.1 Å². The molecule has 1 atom stereocenters. The molecular weight excluding hydrogens is 520 g/mol. The lowest BCUT2D eigenvalue weighted by atomic mass is 9.99. The molecule has 2 N–H and O–H groups in total. The highest BCUT2D eigenvalue weighted by atomic mass is 35.5. The van der Waals surface area contributed by atoms with Crippen molar-refractivity contribution in [3.05, 3.63) is 87.1 Å². The smallest absolute Gasteiger partial charge is 0.352 e. The zero-order valence-electron chi connectivity index (χ0n) is 22.5. The zero-order chi connectivity index (χ0) is 28.1. The number of ether oxygens (including phenoxy) is 2. The summed E-state index contributed by atoms with van der Waals surface area (Å²) < 4.78 is 13.2. The third kappa shape index (κ3) is 5.76. The van der Waals surface area contributed by atoms with Crippen molar-refractivity contribution >= 4 is 23.2 Å². The number of carbonyl (C=O) groups excluding carboxylic acids is 1. The molecule has 0 aliphatic rings. The molecule has 0 aliphatic carbocycles. The third-order valence-corrected chi connectivity index (χ3v) is 6.82. The largest absolute Gasteiger partial charge is 0.497 e. The average molecular weight is 553 g/mol. The summed E-state index contributed by atoms with van der Waals surface area (Å²) in [5.74, 6) is 0.815. The first kappa shape index (κ1) is 28.1. The molecule has 2 heterocycles. The lowest BCUT2D eigenvalue weighted by Crippen LogP contribution is -2.43. The quantitative estimate of drug-likeness (QED) is 0.301. The highest BCUT2D eigenvalue weighted by molar-refractivity contribution is 6.34. The van der Waals surface area contributed by atoms with Crippen LogP contribution >= 0.6 is 11.6 Å². The molecule has 4 aromatic rings. The molecule has 0 aliphatic heterocycles. The molecule has 4 rings (SSSR count). The third-order valence-electron chi connectivity index (χ3n) is 6.49. The number of hydrogen-bond acceptors (Lipinski definition) is 7. The molecule has 206 valence electrons. The zero-order valence-corrected chi connectivity index (χ0v) is 23.3. The summed E-state index contributed by atoms with van der Waals surface area (Å²) in [6.45, 7) is 4.97. The summed E-state index contributed by atoms with van der Waals surface area (Å²) in [4.78, 5) is 34.4. The van der Waals surface area contributed by atoms with Crippen LogP contribution in [-0.4, -0.2) is 57.3 Å². The fourth-order valence-electron chi connectivity index (χ4n) is 4.58. The summed E-state index contributed by atoms with van der Waals surface area (Å²) in [5, 5.41) is 4.35. The first-order chi connectivity index (χ1) is 18.8. The number of fused-ring (bicyclic) bond motifs is 1. The fourth-order valence-corrected chi connectivity index (χ4v) is 4.82. The van der Waals surface area contributed by atoms with E-state index in [2.05, 4.69) is 5.10 Å². The summed E-state index contributed by atoms with van der Waals surface area (Å²) in [6, 6.07) is 15.9. The Balaban J connectivity index is 1.93. The van der Waals surface area contributed by atoms with Gasteiger partial charge < -0.3 is 20.1 Å². The molecule has 2 aromatic carbocycles. The molecule has 0 fully saturated rings. The minimum absolute atomic E-state index is 0.0973. The summed E-state index contributed by atoms with van der Waals surface area (Å²) in [7, 11) is 3.00. The molecule has 2 aromatic heterocycles. The molecular formula is C28H33ClN6O4. The van der Waals surface area contributed by atoms with Gasteiger partial charge >= 0.3 is 5.69 Å². The molecule has 1 unspecified atom stereocenters. The van der Waals surface area contributed by atoms with Gasteiger partial charge in [0, 0.05) is 12.1 Å². The van der Waals surface area contributed by atoms with E-state index in [1.165, 1.54) is 7.11 Å². The number of halogens is 1. The highest BCUT2D eigenvalue weighted by Crippen LogP contribution is 2.32. The van der Waals surface area contributed by atoms with Crippen LogP contribution in [0.2, 0.25) is 5.02 Å². The van der Waals surface area contributed by atoms with Crippen LogP contribution in [0, 0.1) is 5.92 Å². The van der Waals surface area contributed by atoms with Crippen molar-refractivity contribution in [2.24, 2.45) is 11.7 Å². The number of methoxy groups -OCH3 is 2. The Labute approximate surface area is 231 Å². The second kappa shape index (κ2) is 12.3. The van der Waals surface area contributed by atoms with E-state index in [4.69, 9.17) is 31.8 Å². The van der Waals surface area contributed by atoms with Crippen LogP contribution in [0.4, 0.5) is 0 Å². The van der Waals surface area contributed by atoms with Gasteiger partial charge in [-0.15, -0.1) is 5.10 Å². The van der Waals surface area contributed by atoms with Gasteiger partial charge in [-0.2, -0.15) is 4.52 Å². The molecule has 11 heteroatoms. The maximum atomic E-state index is 14.0. The van der Waals surface area contributed by atoms with Gasteiger partial charge in [0.05, 0.1) is 26.8 Å². The molecule has 10 nitrogen and oxygen atoms in total. The lowest BCUT2D eigenvalue weighted by molar-refractivity contribution is 0.0601. The molecule has 1 amide bonds. The van der Waals surface area contributed by atoms with E-state index >= 15 is 0 Å². The van der Waals surface area contributed by atoms with Gasteiger partial charge in [-0.05, 0) is 48.7 Å². The Morgan fingerprint density at radius 2 is 1.77 bits per heavy atom. The van der Waals surface area contributed by atoms with Crippen LogP contribution in [0.15, 0.2) is 59.4 Å². The molecule has 0 spiro atoms. The molecule has 0 saturated carbocycles. The van der Waals surface area contributed by atoms with E-state index in [9.17, 15) is 9.59 Å². The summed E-state index contributed by atoms with van der Waals surface area (Å²) in [6.07, 6.45) is 0.567. The number of nitrogens with zero attached hydrogens (tertiary/aromatic N) is 5. The Kier molecular flexibility index (Phi) is 8.88. The van der Waals surface area contributed by atoms with Crippen molar-refractivity contribution in [2.75, 3.05) is 27.3 Å². The number of hydrogen-bond donors (Lipinski definition) is 1. The van der Waals surface area contributed by atoms with Crippen LogP contribution in [0.25, 0.3) is 5.65 Å². The van der Waals surface area contributed by atoms with E-state index in [1.807, 2.05) is 44.2 Å². The second-order valence-electron chi connectivity index (χ2n) is 9.44. The summed E-state index contributed by atoms with van der Waals surface area (Å²) in [5.41, 5.74) is 6.98. The maximum absolute atomic E-state index is 14.0. The molecule has 0 bridgehead atoms. The van der Waals surface area contributed by atoms with E-state index in [0.717, 1.165) is 10.1 Å². The second-order valence-corrected chi connectivity index (χ2v) is 9.82. The first-order valence-corrected chi connectivity index (χ1v) is 13.1. The van der Waals surface area contributed by atoms with Crippen LogP contribution in [0.1, 0.15) is 48.1 Å². The maximum Gasteiger partial charge on any atom is 0.352 e. The number of amides is 1. The van der Waals surface area contributed by atoms with Crippen molar-refractivity contribution in [1.29, 1.82) is 0 Å². The topological polar surface area (TPSA) is 117 Å². The van der Waals surface area contributed by atoms with Gasteiger partial charge in [-0.25, -0.2) is 9.78 Å². The SMILES string of the molecule is COc1ccc(C(=O)N(CCCN)C(c2nc3c(Cl)c(OC)nn3c(=O)n2Cc2ccccc2)C(C)C)cc1. The van der Waals surface area contributed by atoms with Gasteiger partial charge in [0.1, 0.15) is 16.6 Å². The van der Waals surface area contributed by atoms with Crippen molar-refractivity contribution in [2.45, 2.75) is 32.9 Å². The number of benzene rings is 2. The molecule has 39 heavy (non-hydrogen) atoms. The van der Waals surface area contributed by atoms with Crippen molar-refractivity contribution in [3.63, 3.8) is 0 Å². The van der Waals surface area contributed by atoms with E-state index in [0.29, 0.717) is 36.6 Å². The van der Waals surface area contributed by atoms with Gasteiger partial charge in [-0.1, -0.05) is 55.8 Å². The normalized spacial score (nSPS) is 12.1. The van der Waals surface area contributed by atoms with Crippen LogP contribution in [-0.2, 0) is 6.54 Å². The monoisotopic (exact) mass is 552 g/mol. The summed E-state index contributed by atoms with van der Waals surface area (Å²) >= 11 is 6.52. The Morgan fingerprint density at radius 3 is 2.36 bits per heavy atom. The van der Waals surface area contributed by atoms with Gasteiger partial charge in [0.25, 0.3) is 11.8 Å². The lowest BCUT2D eigenvalue weighted by Gasteiger charge is -2.35. The van der Waals surface area contributed by atoms with Crippen LogP contribution < -0.4 is 20.9 Å². The number of aromatic nitrogens is 4. The first-order valence-electron chi connectivity index (χ1n) is 12.7. The van der Waals surface area contributed by atoms with Crippen molar-refractivity contribution < 1.29 is 14.3 Å². The van der Waals surface area contributed by atoms with Gasteiger partial charge in [-0.3, -0.25) is 9.36 Å². The molecule has 0 radical (unpaired) electrons. The van der Waals surface area contributed by atoms with Crippen LogP contribution in [0.3, 0.4) is 0 Å². The van der Waals surface area contributed by atoms with Gasteiger partial charge in [0.2, 0.25) is 0 Å². The fraction of sp³-hybridized carbons (Fsp3) is 0.357. The predicted molar refractivity (Wildman–Crippen MR) is 150 cm³/mol. The minimum Gasteiger partial charge on any atom is -0.497 e. The number of carbonyl (C=O) groups is 1. The Bertz CT molecular complexity index is 1480. The predicted octanol–water partition coefficient (Wildman–Crippen LogP) is 3.80.